The SMILES string of the molecule is CC(=O)N(CCC(=O)Nc1cccc(Cl)c1C)c1cccc(C(F)(F)F)c1. The zero-order chi connectivity index (χ0) is 20.2. The van der Waals surface area contributed by atoms with Crippen LogP contribution < -0.4 is 10.2 Å². The Balaban J connectivity index is 2.10. The van der Waals surface area contributed by atoms with Gasteiger partial charge in [-0.3, -0.25) is 9.59 Å². The Hall–Kier alpha value is -2.54. The summed E-state index contributed by atoms with van der Waals surface area (Å²) in [6.07, 6.45) is -4.60. The number of carbonyl (C=O) groups excluding carboxylic acids is 2. The monoisotopic (exact) mass is 398 g/mol. The second-order valence-electron chi connectivity index (χ2n) is 5.93. The normalized spacial score (nSPS) is 11.2. The highest BCUT2D eigenvalue weighted by Gasteiger charge is 2.31. The molecule has 4 nitrogen and oxygen atoms in total. The number of nitrogens with one attached hydrogen (secondary N) is 1. The number of hydrogen-bond acceptors (Lipinski definition) is 2. The summed E-state index contributed by atoms with van der Waals surface area (Å²) >= 11 is 6.00. The van der Waals surface area contributed by atoms with Crippen LogP contribution in [0.4, 0.5) is 24.5 Å². The first-order valence-corrected chi connectivity index (χ1v) is 8.47. The zero-order valence-electron chi connectivity index (χ0n) is 14.7. The molecule has 0 atom stereocenters. The number of nitrogens with zero attached hydrogens (tertiary/aromatic N) is 1. The summed E-state index contributed by atoms with van der Waals surface area (Å²) < 4.78 is 38.6. The molecular formula is C19H18ClF3N2O2. The molecule has 2 aromatic carbocycles. The lowest BCUT2D eigenvalue weighted by atomic mass is 10.1. The molecule has 2 aromatic rings. The van der Waals surface area contributed by atoms with Crippen LogP contribution in [0.3, 0.4) is 0 Å². The van der Waals surface area contributed by atoms with Crippen LogP contribution in [-0.2, 0) is 15.8 Å². The number of carbonyl (C=O) groups is 2. The smallest absolute Gasteiger partial charge is 0.326 e. The molecule has 2 amide bonds. The van der Waals surface area contributed by atoms with Crippen LogP contribution >= 0.6 is 11.6 Å². The summed E-state index contributed by atoms with van der Waals surface area (Å²) in [5.74, 6) is -0.834. The lowest BCUT2D eigenvalue weighted by Crippen LogP contribution is -2.32. The maximum atomic E-state index is 12.9. The molecule has 8 heteroatoms. The third kappa shape index (κ3) is 5.47. The van der Waals surface area contributed by atoms with Gasteiger partial charge in [-0.15, -0.1) is 0 Å². The summed E-state index contributed by atoms with van der Waals surface area (Å²) in [5, 5.41) is 3.19. The Morgan fingerprint density at radius 3 is 2.44 bits per heavy atom. The third-order valence-electron chi connectivity index (χ3n) is 3.97. The Kier molecular flexibility index (Phi) is 6.49. The molecule has 0 fully saturated rings. The van der Waals surface area contributed by atoms with Crippen molar-refractivity contribution in [2.45, 2.75) is 26.4 Å². The number of rotatable bonds is 5. The van der Waals surface area contributed by atoms with Gasteiger partial charge in [-0.05, 0) is 42.8 Å². The Morgan fingerprint density at radius 2 is 1.81 bits per heavy atom. The summed E-state index contributed by atoms with van der Waals surface area (Å²) in [5.41, 5.74) is 0.476. The van der Waals surface area contributed by atoms with Crippen LogP contribution in [0.15, 0.2) is 42.5 Å². The first kappa shape index (κ1) is 20.8. The van der Waals surface area contributed by atoms with Gasteiger partial charge in [0.05, 0.1) is 5.56 Å². The van der Waals surface area contributed by atoms with Crippen molar-refractivity contribution >= 4 is 34.8 Å². The molecule has 0 aliphatic heterocycles. The highest BCUT2D eigenvalue weighted by Crippen LogP contribution is 2.31. The number of hydrogen-bond donors (Lipinski definition) is 1. The molecule has 0 heterocycles. The molecule has 0 aliphatic carbocycles. The maximum absolute atomic E-state index is 12.9. The minimum Gasteiger partial charge on any atom is -0.326 e. The van der Waals surface area contributed by atoms with Gasteiger partial charge in [0.2, 0.25) is 11.8 Å². The minimum atomic E-state index is -4.51. The van der Waals surface area contributed by atoms with E-state index in [0.717, 1.165) is 17.0 Å². The summed E-state index contributed by atoms with van der Waals surface area (Å²) in [7, 11) is 0. The van der Waals surface area contributed by atoms with Gasteiger partial charge in [-0.1, -0.05) is 23.7 Å². The molecule has 0 aromatic heterocycles. The first-order chi connectivity index (χ1) is 12.6. The number of benzene rings is 2. The largest absolute Gasteiger partial charge is 0.416 e. The molecule has 1 N–H and O–H groups in total. The minimum absolute atomic E-state index is 0.0535. The van der Waals surface area contributed by atoms with E-state index in [1.807, 2.05) is 0 Å². The van der Waals surface area contributed by atoms with Gasteiger partial charge in [0.1, 0.15) is 0 Å². The topological polar surface area (TPSA) is 49.4 Å². The zero-order valence-corrected chi connectivity index (χ0v) is 15.5. The van der Waals surface area contributed by atoms with Gasteiger partial charge >= 0.3 is 6.18 Å². The van der Waals surface area contributed by atoms with Crippen molar-refractivity contribution in [1.82, 2.24) is 0 Å². The van der Waals surface area contributed by atoms with Crippen LogP contribution in [-0.4, -0.2) is 18.4 Å². The van der Waals surface area contributed by atoms with Crippen molar-refractivity contribution in [3.63, 3.8) is 0 Å². The Labute approximate surface area is 159 Å². The van der Waals surface area contributed by atoms with E-state index < -0.39 is 17.6 Å². The number of amides is 2. The molecule has 2 rings (SSSR count). The van der Waals surface area contributed by atoms with E-state index in [4.69, 9.17) is 11.6 Å². The van der Waals surface area contributed by atoms with Gasteiger partial charge in [0.15, 0.2) is 0 Å². The van der Waals surface area contributed by atoms with Crippen molar-refractivity contribution in [2.75, 3.05) is 16.8 Å². The van der Waals surface area contributed by atoms with Gasteiger partial charge in [0.25, 0.3) is 0 Å². The number of alkyl halides is 3. The molecule has 144 valence electrons. The number of halogens is 4. The van der Waals surface area contributed by atoms with Crippen LogP contribution in [0.25, 0.3) is 0 Å². The summed E-state index contributed by atoms with van der Waals surface area (Å²) in [4.78, 5) is 25.2. The maximum Gasteiger partial charge on any atom is 0.416 e. The van der Waals surface area contributed by atoms with Gasteiger partial charge in [-0.2, -0.15) is 13.2 Å². The molecule has 27 heavy (non-hydrogen) atoms. The fourth-order valence-electron chi connectivity index (χ4n) is 2.49. The predicted molar refractivity (Wildman–Crippen MR) is 98.9 cm³/mol. The van der Waals surface area contributed by atoms with E-state index in [1.54, 1.807) is 25.1 Å². The lowest BCUT2D eigenvalue weighted by Gasteiger charge is -2.22. The van der Waals surface area contributed by atoms with Gasteiger partial charge in [-0.25, -0.2) is 0 Å². The predicted octanol–water partition coefficient (Wildman–Crippen LogP) is 5.05. The van der Waals surface area contributed by atoms with Gasteiger partial charge in [0, 0.05) is 36.3 Å². The highest BCUT2D eigenvalue weighted by molar-refractivity contribution is 6.31. The number of anilines is 2. The average Bonchev–Trinajstić information content (AvgIpc) is 2.58. The van der Waals surface area contributed by atoms with Crippen molar-refractivity contribution in [1.29, 1.82) is 0 Å². The van der Waals surface area contributed by atoms with Crippen LogP contribution in [0.1, 0.15) is 24.5 Å². The Morgan fingerprint density at radius 1 is 1.15 bits per heavy atom. The molecule has 0 bridgehead atoms. The van der Waals surface area contributed by atoms with Crippen molar-refractivity contribution in [2.24, 2.45) is 0 Å². The molecule has 0 unspecified atom stereocenters. The van der Waals surface area contributed by atoms with Crippen LogP contribution in [0.5, 0.6) is 0 Å². The fraction of sp³-hybridized carbons (Fsp3) is 0.263. The van der Waals surface area contributed by atoms with E-state index in [-0.39, 0.29) is 24.6 Å². The van der Waals surface area contributed by atoms with E-state index in [1.165, 1.54) is 19.1 Å². The second kappa shape index (κ2) is 8.43. The van der Waals surface area contributed by atoms with Crippen molar-refractivity contribution in [3.05, 3.63) is 58.6 Å². The molecule has 0 saturated heterocycles. The quantitative estimate of drug-likeness (QED) is 0.766. The molecule has 0 radical (unpaired) electrons. The summed E-state index contributed by atoms with van der Waals surface area (Å²) in [6.45, 7) is 2.93. The van der Waals surface area contributed by atoms with E-state index in [2.05, 4.69) is 5.32 Å². The average molecular weight is 399 g/mol. The summed E-state index contributed by atoms with van der Waals surface area (Å²) in [6, 6.07) is 9.51. The van der Waals surface area contributed by atoms with Gasteiger partial charge < -0.3 is 10.2 Å². The molecule has 0 spiro atoms. The van der Waals surface area contributed by atoms with E-state index in [0.29, 0.717) is 16.3 Å². The highest BCUT2D eigenvalue weighted by atomic mass is 35.5. The van der Waals surface area contributed by atoms with Crippen LogP contribution in [0.2, 0.25) is 5.02 Å². The lowest BCUT2D eigenvalue weighted by molar-refractivity contribution is -0.137. The van der Waals surface area contributed by atoms with E-state index in [9.17, 15) is 22.8 Å². The fourth-order valence-corrected chi connectivity index (χ4v) is 2.66. The molecule has 0 saturated carbocycles. The van der Waals surface area contributed by atoms with Crippen molar-refractivity contribution < 1.29 is 22.8 Å². The first-order valence-electron chi connectivity index (χ1n) is 8.10. The van der Waals surface area contributed by atoms with Crippen molar-refractivity contribution in [3.8, 4) is 0 Å². The molecular weight excluding hydrogens is 381 g/mol. The third-order valence-corrected chi connectivity index (χ3v) is 4.38. The Bertz CT molecular complexity index is 853. The molecule has 0 aliphatic rings. The van der Waals surface area contributed by atoms with E-state index >= 15 is 0 Å². The second-order valence-corrected chi connectivity index (χ2v) is 6.34. The van der Waals surface area contributed by atoms with Crippen LogP contribution in [0, 0.1) is 6.92 Å². The standard InChI is InChI=1S/C19H18ClF3N2O2/c1-12-16(20)7-4-8-17(12)24-18(27)9-10-25(13(2)26)15-6-3-5-14(11-15)19(21,22)23/h3-8,11H,9-10H2,1-2H3,(H,24,27).